The number of hydrogen-bond donors (Lipinski definition) is 3. The van der Waals surface area contributed by atoms with Gasteiger partial charge in [-0.15, -0.1) is 0 Å². The number of fused-ring (bicyclic) bond motifs is 1. The van der Waals surface area contributed by atoms with Crippen LogP contribution in [0.15, 0.2) is 10.9 Å². The van der Waals surface area contributed by atoms with Crippen LogP contribution in [-0.4, -0.2) is 38.9 Å². The van der Waals surface area contributed by atoms with Crippen molar-refractivity contribution in [3.8, 4) is 0 Å². The number of hydrogen-bond acceptors (Lipinski definition) is 4. The summed E-state index contributed by atoms with van der Waals surface area (Å²) in [4.78, 5) is 29.1. The van der Waals surface area contributed by atoms with Crippen LogP contribution in [0.4, 0.5) is 0 Å². The lowest BCUT2D eigenvalue weighted by Gasteiger charge is -2.11. The van der Waals surface area contributed by atoms with Crippen LogP contribution in [0, 0.1) is 5.92 Å². The molecule has 0 radical (unpaired) electrons. The second-order valence-electron chi connectivity index (χ2n) is 6.07. The highest BCUT2D eigenvalue weighted by Gasteiger charge is 2.28. The number of pyridine rings is 1. The van der Waals surface area contributed by atoms with Gasteiger partial charge < -0.3 is 10.4 Å². The number of nitrogens with zero attached hydrogens (tertiary/aromatic N) is 2. The second-order valence-corrected chi connectivity index (χ2v) is 6.07. The Hall–Kier alpha value is -2.15. The number of H-pyrrole nitrogens is 1. The molecule has 2 heterocycles. The number of aromatic nitrogens is 3. The van der Waals surface area contributed by atoms with Crippen molar-refractivity contribution < 1.29 is 9.90 Å². The molecule has 0 aromatic carbocycles. The summed E-state index contributed by atoms with van der Waals surface area (Å²) in [6, 6.07) is 1.73. The van der Waals surface area contributed by atoms with E-state index in [9.17, 15) is 9.59 Å². The topological polar surface area (TPSA) is 100 Å². The van der Waals surface area contributed by atoms with Gasteiger partial charge in [-0.1, -0.05) is 6.92 Å². The van der Waals surface area contributed by atoms with Gasteiger partial charge in [0.05, 0.1) is 10.9 Å². The first-order chi connectivity index (χ1) is 10.5. The molecule has 3 N–H and O–H groups in total. The molecular formula is C15H20N4O3. The van der Waals surface area contributed by atoms with Crippen LogP contribution in [0.5, 0.6) is 0 Å². The quantitative estimate of drug-likeness (QED) is 0.748. The Morgan fingerprint density at radius 2 is 2.32 bits per heavy atom. The Balaban J connectivity index is 2.02. The minimum atomic E-state index is -0.312. The van der Waals surface area contributed by atoms with E-state index in [4.69, 9.17) is 5.11 Å². The summed E-state index contributed by atoms with van der Waals surface area (Å²) in [6.45, 7) is 2.21. The van der Waals surface area contributed by atoms with E-state index < -0.39 is 0 Å². The molecule has 7 heteroatoms. The van der Waals surface area contributed by atoms with Gasteiger partial charge in [0, 0.05) is 31.8 Å². The van der Waals surface area contributed by atoms with E-state index in [2.05, 4.69) is 15.4 Å². The number of aromatic amines is 1. The molecular weight excluding hydrogens is 284 g/mol. The number of rotatable bonds is 5. The van der Waals surface area contributed by atoms with Gasteiger partial charge in [-0.25, -0.2) is 4.98 Å². The Morgan fingerprint density at radius 3 is 2.95 bits per heavy atom. The maximum atomic E-state index is 12.5. The zero-order chi connectivity index (χ0) is 15.9. The molecule has 0 spiro atoms. The fourth-order valence-electron chi connectivity index (χ4n) is 2.47. The molecule has 1 saturated carbocycles. The van der Waals surface area contributed by atoms with Crippen LogP contribution in [0.1, 0.15) is 41.7 Å². The molecule has 2 aromatic heterocycles. The smallest absolute Gasteiger partial charge is 0.274 e. The molecule has 1 aliphatic rings. The summed E-state index contributed by atoms with van der Waals surface area (Å²) in [5.74, 6) is 0.0573. The van der Waals surface area contributed by atoms with E-state index in [1.807, 2.05) is 6.92 Å². The molecule has 3 rings (SSSR count). The third-order valence-corrected chi connectivity index (χ3v) is 4.00. The van der Waals surface area contributed by atoms with Crippen molar-refractivity contribution in [1.29, 1.82) is 0 Å². The van der Waals surface area contributed by atoms with E-state index >= 15 is 0 Å². The van der Waals surface area contributed by atoms with Crippen LogP contribution in [0.2, 0.25) is 0 Å². The summed E-state index contributed by atoms with van der Waals surface area (Å²) in [5.41, 5.74) is 1.42. The minimum absolute atomic E-state index is 0.00524. The van der Waals surface area contributed by atoms with E-state index in [-0.39, 0.29) is 24.0 Å². The minimum Gasteiger partial charge on any atom is -0.396 e. The number of aryl methyl sites for hydroxylation is 1. The first-order valence-corrected chi connectivity index (χ1v) is 7.50. The maximum absolute atomic E-state index is 12.5. The number of carbonyl (C=O) groups excluding carboxylic acids is 1. The van der Waals surface area contributed by atoms with Crippen molar-refractivity contribution in [3.05, 3.63) is 27.7 Å². The van der Waals surface area contributed by atoms with Gasteiger partial charge in [0.1, 0.15) is 0 Å². The number of carbonyl (C=O) groups is 1. The van der Waals surface area contributed by atoms with E-state index in [1.165, 1.54) is 0 Å². The zero-order valence-corrected chi connectivity index (χ0v) is 12.7. The SMILES string of the molecule is CC(CO)CNC(=O)c1cc(C2CC2)nc2c1c(=O)[nH]n2C. The van der Waals surface area contributed by atoms with Crippen molar-refractivity contribution in [2.75, 3.05) is 13.2 Å². The summed E-state index contributed by atoms with van der Waals surface area (Å²) < 4.78 is 1.55. The largest absolute Gasteiger partial charge is 0.396 e. The molecule has 118 valence electrons. The molecule has 1 amide bonds. The lowest BCUT2D eigenvalue weighted by atomic mass is 10.1. The normalized spacial score (nSPS) is 16.0. The Kier molecular flexibility index (Phi) is 3.74. The van der Waals surface area contributed by atoms with Crippen molar-refractivity contribution in [3.63, 3.8) is 0 Å². The average molecular weight is 304 g/mol. The fraction of sp³-hybridized carbons (Fsp3) is 0.533. The van der Waals surface area contributed by atoms with Gasteiger partial charge in [0.25, 0.3) is 11.5 Å². The number of aliphatic hydroxyl groups is 1. The van der Waals surface area contributed by atoms with Crippen molar-refractivity contribution in [2.24, 2.45) is 13.0 Å². The highest BCUT2D eigenvalue weighted by molar-refractivity contribution is 6.05. The summed E-state index contributed by atoms with van der Waals surface area (Å²) in [5, 5.41) is 14.8. The third-order valence-electron chi connectivity index (χ3n) is 4.00. The Morgan fingerprint density at radius 1 is 1.59 bits per heavy atom. The van der Waals surface area contributed by atoms with Crippen molar-refractivity contribution in [2.45, 2.75) is 25.7 Å². The summed E-state index contributed by atoms with van der Waals surface area (Å²) in [7, 11) is 1.71. The highest BCUT2D eigenvalue weighted by atomic mass is 16.3. The molecule has 7 nitrogen and oxygen atoms in total. The van der Waals surface area contributed by atoms with E-state index in [0.717, 1.165) is 18.5 Å². The van der Waals surface area contributed by atoms with Crippen LogP contribution in [0.3, 0.4) is 0 Å². The molecule has 0 saturated heterocycles. The van der Waals surface area contributed by atoms with E-state index in [1.54, 1.807) is 17.8 Å². The third kappa shape index (κ3) is 2.64. The lowest BCUT2D eigenvalue weighted by Crippen LogP contribution is -2.30. The average Bonchev–Trinajstić information content (AvgIpc) is 3.31. The van der Waals surface area contributed by atoms with Gasteiger partial charge in [0.15, 0.2) is 5.65 Å². The fourth-order valence-corrected chi connectivity index (χ4v) is 2.47. The van der Waals surface area contributed by atoms with Crippen molar-refractivity contribution in [1.82, 2.24) is 20.1 Å². The highest BCUT2D eigenvalue weighted by Crippen LogP contribution is 2.39. The van der Waals surface area contributed by atoms with Crippen molar-refractivity contribution >= 4 is 16.9 Å². The molecule has 0 bridgehead atoms. The second kappa shape index (κ2) is 5.57. The Labute approximate surface area is 127 Å². The molecule has 1 fully saturated rings. The monoisotopic (exact) mass is 304 g/mol. The van der Waals surface area contributed by atoms with Gasteiger partial charge >= 0.3 is 0 Å². The molecule has 1 aliphatic carbocycles. The molecule has 1 atom stereocenters. The van der Waals surface area contributed by atoms with Crippen LogP contribution in [-0.2, 0) is 7.05 Å². The zero-order valence-electron chi connectivity index (χ0n) is 12.7. The van der Waals surface area contributed by atoms with Crippen LogP contribution < -0.4 is 10.9 Å². The number of aliphatic hydroxyl groups excluding tert-OH is 1. The number of amides is 1. The molecule has 1 unspecified atom stereocenters. The molecule has 2 aromatic rings. The Bertz CT molecular complexity index is 773. The van der Waals surface area contributed by atoms with Gasteiger partial charge in [-0.3, -0.25) is 19.4 Å². The lowest BCUT2D eigenvalue weighted by molar-refractivity contribution is 0.0943. The van der Waals surface area contributed by atoms with Crippen LogP contribution >= 0.6 is 0 Å². The maximum Gasteiger partial charge on any atom is 0.274 e. The number of nitrogens with one attached hydrogen (secondary N) is 2. The van der Waals surface area contributed by atoms with Gasteiger partial charge in [-0.2, -0.15) is 0 Å². The first kappa shape index (κ1) is 14.8. The molecule has 22 heavy (non-hydrogen) atoms. The summed E-state index contributed by atoms with van der Waals surface area (Å²) >= 11 is 0. The van der Waals surface area contributed by atoms with Crippen LogP contribution in [0.25, 0.3) is 11.0 Å². The summed E-state index contributed by atoms with van der Waals surface area (Å²) in [6.07, 6.45) is 2.14. The predicted molar refractivity (Wildman–Crippen MR) is 81.9 cm³/mol. The predicted octanol–water partition coefficient (Wildman–Crippen LogP) is 0.497. The van der Waals surface area contributed by atoms with E-state index in [0.29, 0.717) is 29.1 Å². The van der Waals surface area contributed by atoms with Gasteiger partial charge in [-0.05, 0) is 24.8 Å². The molecule has 0 aliphatic heterocycles. The van der Waals surface area contributed by atoms with Gasteiger partial charge in [0.2, 0.25) is 0 Å². The first-order valence-electron chi connectivity index (χ1n) is 7.50. The standard InChI is InChI=1S/C15H20N4O3/c1-8(7-20)6-16-14(21)10-5-11(9-3-4-9)17-13-12(10)15(22)18-19(13)2/h5,8-9,20H,3-4,6-7H2,1-2H3,(H,16,21)(H,18,22).